The Balaban J connectivity index is 1.47. The van der Waals surface area contributed by atoms with Crippen molar-refractivity contribution in [2.24, 2.45) is 5.92 Å². The van der Waals surface area contributed by atoms with Gasteiger partial charge in [-0.15, -0.1) is 0 Å². The number of nitrogens with zero attached hydrogens (tertiary/aromatic N) is 4. The van der Waals surface area contributed by atoms with Gasteiger partial charge in [-0.25, -0.2) is 9.78 Å². The molecule has 36 heavy (non-hydrogen) atoms. The smallest absolute Gasteiger partial charge is 0.327 e. The lowest BCUT2D eigenvalue weighted by atomic mass is 9.85. The molecule has 2 aliphatic rings. The van der Waals surface area contributed by atoms with Crippen LogP contribution in [0, 0.1) is 5.92 Å². The van der Waals surface area contributed by atoms with Gasteiger partial charge >= 0.3 is 6.03 Å². The molecule has 1 N–H and O–H groups in total. The Hall–Kier alpha value is -2.87. The van der Waals surface area contributed by atoms with Crippen LogP contribution in [-0.2, 0) is 24.3 Å². The van der Waals surface area contributed by atoms with Crippen LogP contribution in [0.4, 0.5) is 4.79 Å². The highest BCUT2D eigenvalue weighted by Gasteiger charge is 2.57. The number of urea groups is 1. The number of hydrogen-bond donors (Lipinski definition) is 1. The van der Waals surface area contributed by atoms with Crippen molar-refractivity contribution in [2.75, 3.05) is 26.7 Å². The van der Waals surface area contributed by atoms with Crippen LogP contribution < -0.4 is 4.74 Å². The van der Waals surface area contributed by atoms with E-state index in [9.17, 15) is 9.59 Å². The molecule has 2 saturated heterocycles. The maximum atomic E-state index is 13.9. The zero-order chi connectivity index (χ0) is 25.7. The number of carbonyl (C=O) groups excluding carboxylic acids is 2. The molecule has 0 bridgehead atoms. The number of aromatic nitrogens is 2. The number of aromatic amines is 1. The SMILES string of the molecule is CCCCc1ncc(CN2CCC3(CC2)C(=O)N(Cc2cccc(OC)c2)C(=O)N3CCC(C)C)[nH]1. The molecular formula is C28H41N5O3. The van der Waals surface area contributed by atoms with E-state index in [2.05, 4.69) is 35.6 Å². The number of rotatable bonds is 11. The van der Waals surface area contributed by atoms with Crippen molar-refractivity contribution in [3.8, 4) is 5.75 Å². The van der Waals surface area contributed by atoms with E-state index in [-0.39, 0.29) is 18.5 Å². The van der Waals surface area contributed by atoms with Crippen molar-refractivity contribution < 1.29 is 14.3 Å². The van der Waals surface area contributed by atoms with E-state index in [1.165, 1.54) is 4.90 Å². The van der Waals surface area contributed by atoms with Crippen molar-refractivity contribution in [1.29, 1.82) is 0 Å². The second-order valence-electron chi connectivity index (χ2n) is 10.6. The monoisotopic (exact) mass is 495 g/mol. The number of hydrogen-bond acceptors (Lipinski definition) is 5. The summed E-state index contributed by atoms with van der Waals surface area (Å²) in [6.07, 6.45) is 7.38. The number of ether oxygens (including phenoxy) is 1. The number of carbonyl (C=O) groups is 2. The molecule has 2 aliphatic heterocycles. The number of imide groups is 1. The molecule has 2 aromatic rings. The lowest BCUT2D eigenvalue weighted by molar-refractivity contribution is -0.136. The van der Waals surface area contributed by atoms with Gasteiger partial charge in [-0.05, 0) is 49.3 Å². The molecule has 196 valence electrons. The molecule has 0 aliphatic carbocycles. The number of H-pyrrole nitrogens is 1. The Bertz CT molecular complexity index is 1040. The summed E-state index contributed by atoms with van der Waals surface area (Å²) in [4.78, 5) is 41.2. The van der Waals surface area contributed by atoms with Crippen LogP contribution >= 0.6 is 0 Å². The second kappa shape index (κ2) is 11.5. The third kappa shape index (κ3) is 5.59. The molecule has 3 heterocycles. The van der Waals surface area contributed by atoms with Gasteiger partial charge in [0, 0.05) is 44.5 Å². The Morgan fingerprint density at radius 2 is 1.94 bits per heavy atom. The first-order valence-corrected chi connectivity index (χ1v) is 13.4. The zero-order valence-electron chi connectivity index (χ0n) is 22.3. The molecule has 0 atom stereocenters. The summed E-state index contributed by atoms with van der Waals surface area (Å²) in [6.45, 7) is 9.71. The van der Waals surface area contributed by atoms with Gasteiger partial charge in [0.15, 0.2) is 0 Å². The number of amides is 3. The number of methoxy groups -OCH3 is 1. The number of aryl methyl sites for hydroxylation is 1. The number of likely N-dealkylation sites (tertiary alicyclic amines) is 1. The van der Waals surface area contributed by atoms with Crippen molar-refractivity contribution >= 4 is 11.9 Å². The molecular weight excluding hydrogens is 454 g/mol. The van der Waals surface area contributed by atoms with E-state index in [0.717, 1.165) is 68.1 Å². The number of unbranched alkanes of at least 4 members (excludes halogenated alkanes) is 1. The summed E-state index contributed by atoms with van der Waals surface area (Å²) >= 11 is 0. The quantitative estimate of drug-likeness (QED) is 0.461. The van der Waals surface area contributed by atoms with Gasteiger partial charge in [-0.1, -0.05) is 39.3 Å². The molecule has 8 heteroatoms. The fourth-order valence-corrected chi connectivity index (χ4v) is 5.34. The standard InChI is InChI=1S/C28H41N5O3/c1-5-6-10-25-29-18-23(30-25)20-31-15-12-28(13-16-31)26(34)32(27(35)33(28)14-11-21(2)3)19-22-8-7-9-24(17-22)36-4/h7-9,17-18,21H,5-6,10-16,19-20H2,1-4H3,(H,29,30). The van der Waals surface area contributed by atoms with Gasteiger partial charge in [0.1, 0.15) is 17.1 Å². The molecule has 3 amide bonds. The molecule has 0 radical (unpaired) electrons. The minimum atomic E-state index is -0.748. The van der Waals surface area contributed by atoms with E-state index < -0.39 is 5.54 Å². The first kappa shape index (κ1) is 26.2. The van der Waals surface area contributed by atoms with Gasteiger partial charge in [0.2, 0.25) is 0 Å². The summed E-state index contributed by atoms with van der Waals surface area (Å²) in [5, 5.41) is 0. The maximum absolute atomic E-state index is 13.9. The third-order valence-corrected chi connectivity index (χ3v) is 7.55. The van der Waals surface area contributed by atoms with E-state index in [1.807, 2.05) is 35.4 Å². The molecule has 4 rings (SSSR count). The zero-order valence-corrected chi connectivity index (χ0v) is 22.3. The van der Waals surface area contributed by atoms with Crippen LogP contribution in [0.2, 0.25) is 0 Å². The summed E-state index contributed by atoms with van der Waals surface area (Å²) in [5.74, 6) is 2.18. The Morgan fingerprint density at radius 3 is 2.64 bits per heavy atom. The average Bonchev–Trinajstić information content (AvgIpc) is 3.39. The van der Waals surface area contributed by atoms with Gasteiger partial charge in [0.25, 0.3) is 5.91 Å². The van der Waals surface area contributed by atoms with Crippen LogP contribution in [0.5, 0.6) is 5.75 Å². The molecule has 0 unspecified atom stereocenters. The van der Waals surface area contributed by atoms with E-state index in [4.69, 9.17) is 4.74 Å². The normalized spacial score (nSPS) is 18.1. The number of benzene rings is 1. The predicted molar refractivity (Wildman–Crippen MR) is 140 cm³/mol. The van der Waals surface area contributed by atoms with E-state index in [1.54, 1.807) is 7.11 Å². The van der Waals surface area contributed by atoms with Gasteiger partial charge < -0.3 is 14.6 Å². The fraction of sp³-hybridized carbons (Fsp3) is 0.607. The van der Waals surface area contributed by atoms with Crippen LogP contribution in [0.3, 0.4) is 0 Å². The minimum absolute atomic E-state index is 0.0536. The molecule has 8 nitrogen and oxygen atoms in total. The first-order valence-electron chi connectivity index (χ1n) is 13.4. The number of nitrogens with one attached hydrogen (secondary N) is 1. The van der Waals surface area contributed by atoms with Crippen LogP contribution in [0.1, 0.15) is 70.0 Å². The lowest BCUT2D eigenvalue weighted by Crippen LogP contribution is -2.56. The Labute approximate surface area is 215 Å². The lowest BCUT2D eigenvalue weighted by Gasteiger charge is -2.42. The maximum Gasteiger partial charge on any atom is 0.327 e. The molecule has 0 saturated carbocycles. The van der Waals surface area contributed by atoms with Gasteiger partial charge in [-0.2, -0.15) is 0 Å². The molecule has 2 fully saturated rings. The highest BCUT2D eigenvalue weighted by molar-refractivity contribution is 6.07. The highest BCUT2D eigenvalue weighted by atomic mass is 16.5. The summed E-state index contributed by atoms with van der Waals surface area (Å²) in [7, 11) is 1.62. The highest BCUT2D eigenvalue weighted by Crippen LogP contribution is 2.39. The number of imidazole rings is 1. The van der Waals surface area contributed by atoms with Gasteiger partial charge in [0.05, 0.1) is 13.7 Å². The van der Waals surface area contributed by atoms with Crippen LogP contribution in [0.15, 0.2) is 30.5 Å². The second-order valence-corrected chi connectivity index (χ2v) is 10.6. The molecule has 1 aromatic carbocycles. The third-order valence-electron chi connectivity index (χ3n) is 7.55. The predicted octanol–water partition coefficient (Wildman–Crippen LogP) is 4.61. The topological polar surface area (TPSA) is 81.8 Å². The first-order chi connectivity index (χ1) is 17.4. The fourth-order valence-electron chi connectivity index (χ4n) is 5.34. The minimum Gasteiger partial charge on any atom is -0.497 e. The Morgan fingerprint density at radius 1 is 1.17 bits per heavy atom. The van der Waals surface area contributed by atoms with Crippen molar-refractivity contribution in [3.63, 3.8) is 0 Å². The largest absolute Gasteiger partial charge is 0.497 e. The molecule has 1 spiro atoms. The van der Waals surface area contributed by atoms with E-state index in [0.29, 0.717) is 25.3 Å². The van der Waals surface area contributed by atoms with Crippen LogP contribution in [0.25, 0.3) is 0 Å². The molecule has 1 aromatic heterocycles. The van der Waals surface area contributed by atoms with Gasteiger partial charge in [-0.3, -0.25) is 14.6 Å². The average molecular weight is 496 g/mol. The summed E-state index contributed by atoms with van der Waals surface area (Å²) < 4.78 is 5.34. The van der Waals surface area contributed by atoms with Crippen molar-refractivity contribution in [1.82, 2.24) is 24.7 Å². The van der Waals surface area contributed by atoms with Crippen molar-refractivity contribution in [3.05, 3.63) is 47.5 Å². The summed E-state index contributed by atoms with van der Waals surface area (Å²) in [5.41, 5.74) is 1.26. The van der Waals surface area contributed by atoms with Crippen LogP contribution in [-0.4, -0.2) is 68.9 Å². The Kier molecular flexibility index (Phi) is 8.34. The van der Waals surface area contributed by atoms with Crippen molar-refractivity contribution in [2.45, 2.75) is 77.9 Å². The van der Waals surface area contributed by atoms with E-state index >= 15 is 0 Å². The number of piperidine rings is 1. The summed E-state index contributed by atoms with van der Waals surface area (Å²) in [6, 6.07) is 7.44.